The first kappa shape index (κ1) is 7.76. The molecule has 0 saturated carbocycles. The third-order valence-electron chi connectivity index (χ3n) is 1.15. The van der Waals surface area contributed by atoms with Crippen molar-refractivity contribution >= 4 is 23.4 Å². The van der Waals surface area contributed by atoms with Crippen LogP contribution in [-0.2, 0) is 0 Å². The summed E-state index contributed by atoms with van der Waals surface area (Å²) in [5, 5.41) is 3.02. The molecule has 0 aromatic rings. The molecule has 54 valence electrons. The van der Waals surface area contributed by atoms with Crippen LogP contribution in [0.25, 0.3) is 0 Å². The molecule has 1 unspecified atom stereocenters. The van der Waals surface area contributed by atoms with Gasteiger partial charge in [-0.25, -0.2) is 0 Å². The number of nitrogens with one attached hydrogen (secondary N) is 1. The summed E-state index contributed by atoms with van der Waals surface area (Å²) in [5.41, 5.74) is 0.972. The van der Waals surface area contributed by atoms with Gasteiger partial charge < -0.3 is 5.32 Å². The number of rotatable bonds is 2. The van der Waals surface area contributed by atoms with Gasteiger partial charge in [-0.15, -0.1) is 0 Å². The monoisotopic (exact) mass is 173 g/mol. The van der Waals surface area contributed by atoms with E-state index in [1.807, 2.05) is 0 Å². The van der Waals surface area contributed by atoms with E-state index in [0.29, 0.717) is 0 Å². The smallest absolute Gasteiger partial charge is 0.153 e. The first-order valence-corrected chi connectivity index (χ1v) is 4.16. The first-order chi connectivity index (χ1) is 4.77. The zero-order valence-corrected chi connectivity index (χ0v) is 7.00. The van der Waals surface area contributed by atoms with Crippen LogP contribution in [0.3, 0.4) is 0 Å². The van der Waals surface area contributed by atoms with E-state index in [1.54, 1.807) is 23.9 Å². The van der Waals surface area contributed by atoms with Crippen LogP contribution < -0.4 is 5.32 Å². The van der Waals surface area contributed by atoms with Crippen molar-refractivity contribution in [3.8, 4) is 0 Å². The Morgan fingerprint density at radius 3 is 2.60 bits per heavy atom. The van der Waals surface area contributed by atoms with Crippen molar-refractivity contribution in [1.29, 1.82) is 0 Å². The van der Waals surface area contributed by atoms with Crippen LogP contribution in [0.15, 0.2) is 35.9 Å². The molecular formula is C7H8ClNS. The van der Waals surface area contributed by atoms with Gasteiger partial charge in [-0.3, -0.25) is 0 Å². The fraction of sp³-hybridized carbons (Fsp3) is 0.143. The van der Waals surface area contributed by atoms with Crippen LogP contribution in [0.5, 0.6) is 0 Å². The van der Waals surface area contributed by atoms with E-state index < -0.39 is 0 Å². The number of hydrogen-bond acceptors (Lipinski definition) is 2. The Kier molecular flexibility index (Phi) is 2.46. The van der Waals surface area contributed by atoms with E-state index in [4.69, 9.17) is 11.6 Å². The maximum Gasteiger partial charge on any atom is 0.153 e. The predicted molar refractivity (Wildman–Crippen MR) is 47.8 cm³/mol. The fourth-order valence-corrected chi connectivity index (χ4v) is 1.90. The van der Waals surface area contributed by atoms with Crippen LogP contribution in [-0.4, -0.2) is 4.83 Å². The first-order valence-electron chi connectivity index (χ1n) is 2.84. The molecule has 0 fully saturated rings. The van der Waals surface area contributed by atoms with E-state index in [1.165, 1.54) is 0 Å². The Hall–Kier alpha value is -0.340. The van der Waals surface area contributed by atoms with Gasteiger partial charge in [0, 0.05) is 10.6 Å². The van der Waals surface area contributed by atoms with Crippen molar-refractivity contribution < 1.29 is 0 Å². The van der Waals surface area contributed by atoms with Crippen molar-refractivity contribution in [3.63, 3.8) is 0 Å². The van der Waals surface area contributed by atoms with Gasteiger partial charge in [0.05, 0.1) is 0 Å². The molecule has 1 N–H and O–H groups in total. The Bertz CT molecular complexity index is 178. The molecule has 0 spiro atoms. The van der Waals surface area contributed by atoms with Gasteiger partial charge in [-0.2, -0.15) is 0 Å². The lowest BCUT2D eigenvalue weighted by molar-refractivity contribution is 0.965. The predicted octanol–water partition coefficient (Wildman–Crippen LogP) is 2.43. The Morgan fingerprint density at radius 1 is 1.50 bits per heavy atom. The van der Waals surface area contributed by atoms with Crippen LogP contribution in [0.2, 0.25) is 0 Å². The molecule has 0 aliphatic carbocycles. The summed E-state index contributed by atoms with van der Waals surface area (Å²) in [7, 11) is 0. The summed E-state index contributed by atoms with van der Waals surface area (Å²) in [6, 6.07) is 0. The molecular weight excluding hydrogens is 166 g/mol. The minimum atomic E-state index is -0.0685. The van der Waals surface area contributed by atoms with Crippen molar-refractivity contribution in [2.24, 2.45) is 0 Å². The normalized spacial score (nSPS) is 24.3. The minimum Gasteiger partial charge on any atom is -0.360 e. The maximum absolute atomic E-state index is 5.77. The largest absolute Gasteiger partial charge is 0.360 e. The third-order valence-corrected chi connectivity index (χ3v) is 2.50. The average molecular weight is 174 g/mol. The highest BCUT2D eigenvalue weighted by Gasteiger charge is 2.17. The maximum atomic E-state index is 5.77. The minimum absolute atomic E-state index is 0.0685. The third kappa shape index (κ3) is 1.39. The summed E-state index contributed by atoms with van der Waals surface area (Å²) in [6.45, 7) is 7.29. The molecule has 0 aromatic heterocycles. The van der Waals surface area contributed by atoms with E-state index in [0.717, 1.165) is 10.6 Å². The molecule has 1 aliphatic heterocycles. The fourth-order valence-electron chi connectivity index (χ4n) is 0.715. The standard InChI is InChI=1S/C7H8ClNS/c1-3-5-6(4-2)10-7(8)9-5/h3-4,7,9H,1-2H2. The van der Waals surface area contributed by atoms with Crippen molar-refractivity contribution in [2.75, 3.05) is 0 Å². The van der Waals surface area contributed by atoms with Crippen molar-refractivity contribution in [3.05, 3.63) is 35.9 Å². The molecule has 0 amide bonds. The molecule has 1 heterocycles. The highest BCUT2D eigenvalue weighted by atomic mass is 35.5. The molecule has 3 heteroatoms. The SMILES string of the molecule is C=CC1=C(C=C)SC(Cl)N1. The number of allylic oxidation sites excluding steroid dienone is 2. The van der Waals surface area contributed by atoms with Crippen LogP contribution >= 0.6 is 23.4 Å². The van der Waals surface area contributed by atoms with E-state index in [-0.39, 0.29) is 4.83 Å². The van der Waals surface area contributed by atoms with Crippen LogP contribution in [0.1, 0.15) is 0 Å². The zero-order valence-electron chi connectivity index (χ0n) is 5.43. The quantitative estimate of drug-likeness (QED) is 0.509. The van der Waals surface area contributed by atoms with Gasteiger partial charge in [-0.05, 0) is 6.08 Å². The Balaban J connectivity index is 2.80. The van der Waals surface area contributed by atoms with Gasteiger partial charge >= 0.3 is 0 Å². The summed E-state index contributed by atoms with van der Waals surface area (Å²) in [4.78, 5) is 0.996. The second-order valence-electron chi connectivity index (χ2n) is 1.76. The highest BCUT2D eigenvalue weighted by molar-refractivity contribution is 8.05. The lowest BCUT2D eigenvalue weighted by Gasteiger charge is -1.98. The van der Waals surface area contributed by atoms with Crippen molar-refractivity contribution in [2.45, 2.75) is 4.83 Å². The van der Waals surface area contributed by atoms with Gasteiger partial charge in [0.15, 0.2) is 4.83 Å². The number of halogens is 1. The average Bonchev–Trinajstić information content (AvgIpc) is 2.30. The van der Waals surface area contributed by atoms with Crippen LogP contribution in [0.4, 0.5) is 0 Å². The lowest BCUT2D eigenvalue weighted by atomic mass is 10.4. The molecule has 0 bridgehead atoms. The molecule has 0 saturated heterocycles. The van der Waals surface area contributed by atoms with Gasteiger partial charge in [-0.1, -0.05) is 42.6 Å². The lowest BCUT2D eigenvalue weighted by Crippen LogP contribution is -2.12. The molecule has 0 aromatic carbocycles. The molecule has 0 radical (unpaired) electrons. The second-order valence-corrected chi connectivity index (χ2v) is 3.61. The van der Waals surface area contributed by atoms with Crippen LogP contribution in [0, 0.1) is 0 Å². The summed E-state index contributed by atoms with van der Waals surface area (Å²) in [5.74, 6) is 0. The number of thioether (sulfide) groups is 1. The topological polar surface area (TPSA) is 12.0 Å². The molecule has 1 atom stereocenters. The van der Waals surface area contributed by atoms with E-state index >= 15 is 0 Å². The zero-order chi connectivity index (χ0) is 7.56. The molecule has 1 aliphatic rings. The Morgan fingerprint density at radius 2 is 2.20 bits per heavy atom. The van der Waals surface area contributed by atoms with E-state index in [2.05, 4.69) is 18.5 Å². The molecule has 1 rings (SSSR count). The molecule has 10 heavy (non-hydrogen) atoms. The Labute approximate surface area is 69.8 Å². The summed E-state index contributed by atoms with van der Waals surface area (Å²) in [6.07, 6.45) is 3.52. The van der Waals surface area contributed by atoms with Gasteiger partial charge in [0.2, 0.25) is 0 Å². The summed E-state index contributed by atoms with van der Waals surface area (Å²) < 4.78 is 0. The van der Waals surface area contributed by atoms with Gasteiger partial charge in [0.1, 0.15) is 0 Å². The van der Waals surface area contributed by atoms with Gasteiger partial charge in [0.25, 0.3) is 0 Å². The highest BCUT2D eigenvalue weighted by Crippen LogP contribution is 2.32. The number of alkyl halides is 1. The van der Waals surface area contributed by atoms with Crippen molar-refractivity contribution in [1.82, 2.24) is 5.32 Å². The summed E-state index contributed by atoms with van der Waals surface area (Å²) >= 11 is 7.32. The number of hydrogen-bond donors (Lipinski definition) is 1. The molecule has 1 nitrogen and oxygen atoms in total. The second kappa shape index (κ2) is 3.17. The van der Waals surface area contributed by atoms with E-state index in [9.17, 15) is 0 Å².